The van der Waals surface area contributed by atoms with E-state index in [1.165, 1.54) is 17.7 Å². The van der Waals surface area contributed by atoms with Crippen LogP contribution in [0.5, 0.6) is 0 Å². The molecule has 3 aromatic rings. The number of hydrogen-bond acceptors (Lipinski definition) is 5. The molecule has 1 aliphatic rings. The molecule has 0 radical (unpaired) electrons. The second-order valence-corrected chi connectivity index (χ2v) is 8.72. The summed E-state index contributed by atoms with van der Waals surface area (Å²) < 4.78 is 5.29. The number of thiophene rings is 1. The van der Waals surface area contributed by atoms with Crippen molar-refractivity contribution in [2.75, 3.05) is 26.2 Å². The Labute approximate surface area is 179 Å². The molecule has 152 valence electrons. The Morgan fingerprint density at radius 1 is 1.28 bits per heavy atom. The zero-order valence-electron chi connectivity index (χ0n) is 16.4. The molecule has 1 amide bonds. The lowest BCUT2D eigenvalue weighted by Crippen LogP contribution is -2.39. The van der Waals surface area contributed by atoms with Crippen LogP contribution in [0, 0.1) is 6.92 Å². The third-order valence-electron chi connectivity index (χ3n) is 5.47. The Bertz CT molecular complexity index is 962. The van der Waals surface area contributed by atoms with Gasteiger partial charge in [-0.05, 0) is 56.3 Å². The fraction of sp³-hybridized carbons (Fsp3) is 0.364. The molecule has 1 aromatic carbocycles. The van der Waals surface area contributed by atoms with Crippen molar-refractivity contribution in [1.29, 1.82) is 0 Å². The second kappa shape index (κ2) is 9.11. The number of hydrogen-bond donors (Lipinski definition) is 1. The van der Waals surface area contributed by atoms with Gasteiger partial charge < -0.3 is 14.7 Å². The number of benzene rings is 1. The van der Waals surface area contributed by atoms with E-state index in [1.54, 1.807) is 13.0 Å². The zero-order chi connectivity index (χ0) is 20.2. The molecule has 0 aliphatic carbocycles. The number of carbonyl (C=O) groups is 1. The summed E-state index contributed by atoms with van der Waals surface area (Å²) in [7, 11) is 0. The van der Waals surface area contributed by atoms with Crippen LogP contribution >= 0.6 is 22.9 Å². The van der Waals surface area contributed by atoms with E-state index >= 15 is 0 Å². The topological polar surface area (TPSA) is 58.4 Å². The molecule has 1 aliphatic heterocycles. The molecule has 29 heavy (non-hydrogen) atoms. The lowest BCUT2D eigenvalue weighted by Gasteiger charge is -2.31. The van der Waals surface area contributed by atoms with Crippen LogP contribution < -0.4 is 5.32 Å². The zero-order valence-corrected chi connectivity index (χ0v) is 17.9. The number of amides is 1. The maximum absolute atomic E-state index is 12.8. The van der Waals surface area contributed by atoms with E-state index in [-0.39, 0.29) is 5.91 Å². The number of aromatic nitrogens is 1. The van der Waals surface area contributed by atoms with Crippen molar-refractivity contribution in [3.63, 3.8) is 0 Å². The molecule has 4 rings (SSSR count). The number of piperidine rings is 1. The molecule has 3 heterocycles. The summed E-state index contributed by atoms with van der Waals surface area (Å²) in [6.45, 7) is 5.31. The molecule has 0 spiro atoms. The third-order valence-corrected chi connectivity index (χ3v) is 6.83. The molecule has 2 aromatic heterocycles. The van der Waals surface area contributed by atoms with Gasteiger partial charge in [0.05, 0.1) is 5.02 Å². The van der Waals surface area contributed by atoms with E-state index in [4.69, 9.17) is 16.1 Å². The molecule has 0 atom stereocenters. The van der Waals surface area contributed by atoms with E-state index < -0.39 is 0 Å². The van der Waals surface area contributed by atoms with Crippen LogP contribution in [0.4, 0.5) is 0 Å². The molecule has 1 fully saturated rings. The Kier molecular flexibility index (Phi) is 6.33. The van der Waals surface area contributed by atoms with Crippen molar-refractivity contribution in [2.45, 2.75) is 25.7 Å². The Morgan fingerprint density at radius 3 is 2.79 bits per heavy atom. The first-order valence-electron chi connectivity index (χ1n) is 9.88. The number of likely N-dealkylation sites (tertiary alicyclic amines) is 1. The highest BCUT2D eigenvalue weighted by atomic mass is 35.5. The maximum atomic E-state index is 12.8. The third kappa shape index (κ3) is 4.55. The molecule has 1 saturated heterocycles. The largest absolute Gasteiger partial charge is 0.360 e. The highest BCUT2D eigenvalue weighted by Crippen LogP contribution is 2.32. The summed E-state index contributed by atoms with van der Waals surface area (Å²) in [6.07, 6.45) is 2.35. The lowest BCUT2D eigenvalue weighted by atomic mass is 9.95. The predicted octanol–water partition coefficient (Wildman–Crippen LogP) is 4.97. The summed E-state index contributed by atoms with van der Waals surface area (Å²) in [4.78, 5) is 16.7. The fourth-order valence-corrected chi connectivity index (χ4v) is 4.98. The molecule has 0 bridgehead atoms. The van der Waals surface area contributed by atoms with Gasteiger partial charge in [0.1, 0.15) is 17.0 Å². The first-order valence-corrected chi connectivity index (χ1v) is 11.1. The standard InChI is InChI=1S/C22H24ClN3O2S/c1-15-20(21(25-28-15)17-5-2-3-6-18(17)23)22(27)24-10-13-26-11-8-16(9-12-26)19-7-4-14-29-19/h2-7,14,16H,8-13H2,1H3,(H,24,27). The minimum Gasteiger partial charge on any atom is -0.360 e. The van der Waals surface area contributed by atoms with Gasteiger partial charge >= 0.3 is 0 Å². The number of rotatable bonds is 6. The van der Waals surface area contributed by atoms with E-state index in [2.05, 4.69) is 32.9 Å². The molecule has 5 nitrogen and oxygen atoms in total. The highest BCUT2D eigenvalue weighted by Gasteiger charge is 2.24. The number of carbonyl (C=O) groups excluding carboxylic acids is 1. The van der Waals surface area contributed by atoms with Gasteiger partial charge in [-0.1, -0.05) is 41.0 Å². The van der Waals surface area contributed by atoms with Crippen molar-refractivity contribution in [1.82, 2.24) is 15.4 Å². The van der Waals surface area contributed by atoms with Crippen molar-refractivity contribution >= 4 is 28.8 Å². The van der Waals surface area contributed by atoms with Crippen LogP contribution in [0.1, 0.15) is 39.8 Å². The average Bonchev–Trinajstić information content (AvgIpc) is 3.39. The van der Waals surface area contributed by atoms with Gasteiger partial charge in [0.2, 0.25) is 0 Å². The van der Waals surface area contributed by atoms with Gasteiger partial charge in [0.25, 0.3) is 5.91 Å². The predicted molar refractivity (Wildman–Crippen MR) is 117 cm³/mol. The van der Waals surface area contributed by atoms with Gasteiger partial charge in [0, 0.05) is 23.5 Å². The Balaban J connectivity index is 1.32. The minimum atomic E-state index is -0.174. The van der Waals surface area contributed by atoms with Gasteiger partial charge in [-0.3, -0.25) is 4.79 Å². The Hall–Kier alpha value is -2.15. The van der Waals surface area contributed by atoms with E-state index in [9.17, 15) is 4.79 Å². The summed E-state index contributed by atoms with van der Waals surface area (Å²) in [5.74, 6) is 1.000. The summed E-state index contributed by atoms with van der Waals surface area (Å²) in [5.41, 5.74) is 1.64. The van der Waals surface area contributed by atoms with Crippen LogP contribution in [0.25, 0.3) is 11.3 Å². The number of nitrogens with zero attached hydrogens (tertiary/aromatic N) is 2. The molecular weight excluding hydrogens is 406 g/mol. The van der Waals surface area contributed by atoms with Crippen LogP contribution in [-0.4, -0.2) is 42.1 Å². The second-order valence-electron chi connectivity index (χ2n) is 7.33. The highest BCUT2D eigenvalue weighted by molar-refractivity contribution is 7.10. The summed E-state index contributed by atoms with van der Waals surface area (Å²) in [6, 6.07) is 11.7. The van der Waals surface area contributed by atoms with Gasteiger partial charge in [-0.15, -0.1) is 11.3 Å². The first-order chi connectivity index (χ1) is 14.1. The molecular formula is C22H24ClN3O2S. The van der Waals surface area contributed by atoms with Crippen molar-refractivity contribution in [3.05, 3.63) is 63.0 Å². The fourth-order valence-electron chi connectivity index (χ4n) is 3.86. The number of nitrogens with one attached hydrogen (secondary N) is 1. The van der Waals surface area contributed by atoms with Gasteiger partial charge in [-0.25, -0.2) is 0 Å². The van der Waals surface area contributed by atoms with Crippen LogP contribution in [0.15, 0.2) is 46.3 Å². The maximum Gasteiger partial charge on any atom is 0.257 e. The van der Waals surface area contributed by atoms with Crippen molar-refractivity contribution < 1.29 is 9.32 Å². The van der Waals surface area contributed by atoms with Crippen molar-refractivity contribution in [2.24, 2.45) is 0 Å². The summed E-state index contributed by atoms with van der Waals surface area (Å²) >= 11 is 8.13. The molecule has 0 unspecified atom stereocenters. The summed E-state index contributed by atoms with van der Waals surface area (Å²) in [5, 5.41) is 9.79. The molecule has 7 heteroatoms. The van der Waals surface area contributed by atoms with Crippen LogP contribution in [0.2, 0.25) is 5.02 Å². The molecule has 0 saturated carbocycles. The number of aryl methyl sites for hydroxylation is 1. The minimum absolute atomic E-state index is 0.174. The normalized spacial score (nSPS) is 15.5. The average molecular weight is 430 g/mol. The SMILES string of the molecule is Cc1onc(-c2ccccc2Cl)c1C(=O)NCCN1CCC(c2cccs2)CC1. The van der Waals surface area contributed by atoms with E-state index in [0.29, 0.717) is 40.1 Å². The lowest BCUT2D eigenvalue weighted by molar-refractivity contribution is 0.0945. The number of halogens is 1. The van der Waals surface area contributed by atoms with E-state index in [0.717, 1.165) is 19.6 Å². The van der Waals surface area contributed by atoms with Crippen molar-refractivity contribution in [3.8, 4) is 11.3 Å². The van der Waals surface area contributed by atoms with Crippen LogP contribution in [0.3, 0.4) is 0 Å². The monoisotopic (exact) mass is 429 g/mol. The quantitative estimate of drug-likeness (QED) is 0.600. The smallest absolute Gasteiger partial charge is 0.257 e. The van der Waals surface area contributed by atoms with Crippen LogP contribution in [-0.2, 0) is 0 Å². The van der Waals surface area contributed by atoms with Gasteiger partial charge in [0.15, 0.2) is 0 Å². The molecule has 1 N–H and O–H groups in total. The van der Waals surface area contributed by atoms with Gasteiger partial charge in [-0.2, -0.15) is 0 Å². The first kappa shape index (κ1) is 20.1. The van der Waals surface area contributed by atoms with E-state index in [1.807, 2.05) is 29.5 Å². The Morgan fingerprint density at radius 2 is 2.07 bits per heavy atom.